The normalized spacial score (nSPS) is 31.1. The van der Waals surface area contributed by atoms with Gasteiger partial charge in [0.2, 0.25) is 5.91 Å². The minimum absolute atomic E-state index is 0.151. The van der Waals surface area contributed by atoms with Crippen molar-refractivity contribution in [2.75, 3.05) is 19.8 Å². The van der Waals surface area contributed by atoms with E-state index in [0.29, 0.717) is 0 Å². The lowest BCUT2D eigenvalue weighted by atomic mass is 9.84. The van der Waals surface area contributed by atoms with E-state index in [1.807, 2.05) is 0 Å². The Morgan fingerprint density at radius 3 is 2.69 bits per heavy atom. The maximum absolute atomic E-state index is 11.8. The van der Waals surface area contributed by atoms with Crippen molar-refractivity contribution >= 4 is 11.9 Å². The van der Waals surface area contributed by atoms with Crippen molar-refractivity contribution in [3.8, 4) is 0 Å². The second kappa shape index (κ2) is 4.77. The number of aliphatic hydroxyl groups excluding tert-OH is 1. The van der Waals surface area contributed by atoms with E-state index in [1.54, 1.807) is 6.92 Å². The molecule has 5 N–H and O–H groups in total. The summed E-state index contributed by atoms with van der Waals surface area (Å²) in [6, 6.07) is -1.78. The van der Waals surface area contributed by atoms with Gasteiger partial charge in [-0.05, 0) is 6.92 Å². The number of ether oxygens (including phenoxy) is 1. The molecule has 1 fully saturated rings. The number of carbonyl (C=O) groups excluding carboxylic acids is 1. The van der Waals surface area contributed by atoms with E-state index in [2.05, 4.69) is 5.32 Å². The van der Waals surface area contributed by atoms with Gasteiger partial charge in [-0.3, -0.25) is 4.79 Å². The van der Waals surface area contributed by atoms with Gasteiger partial charge >= 0.3 is 5.97 Å². The Balaban J connectivity index is 2.67. The molecule has 0 aromatic rings. The van der Waals surface area contributed by atoms with Crippen LogP contribution in [0.2, 0.25) is 0 Å². The Morgan fingerprint density at radius 1 is 1.69 bits per heavy atom. The molecule has 7 nitrogen and oxygen atoms in total. The largest absolute Gasteiger partial charge is 0.480 e. The summed E-state index contributed by atoms with van der Waals surface area (Å²) in [5.74, 6) is -1.80. The fourth-order valence-corrected chi connectivity index (χ4v) is 1.43. The second-order valence-corrected chi connectivity index (χ2v) is 4.09. The predicted octanol–water partition coefficient (Wildman–Crippen LogP) is -2.09. The monoisotopic (exact) mass is 232 g/mol. The summed E-state index contributed by atoms with van der Waals surface area (Å²) in [6.45, 7) is 1.36. The molecule has 92 valence electrons. The molecule has 3 atom stereocenters. The Labute approximate surface area is 92.6 Å². The topological polar surface area (TPSA) is 122 Å². The molecule has 1 saturated heterocycles. The number of nitrogens with one attached hydrogen (secondary N) is 1. The van der Waals surface area contributed by atoms with Crippen LogP contribution in [0.3, 0.4) is 0 Å². The number of nitrogens with two attached hydrogens (primary N) is 1. The van der Waals surface area contributed by atoms with Gasteiger partial charge < -0.3 is 26.0 Å². The Hall–Kier alpha value is -1.18. The number of aliphatic hydroxyl groups is 1. The molecular formula is C9H16N2O5. The first-order valence-corrected chi connectivity index (χ1v) is 4.89. The van der Waals surface area contributed by atoms with Gasteiger partial charge in [0.15, 0.2) is 0 Å². The van der Waals surface area contributed by atoms with Crippen LogP contribution in [-0.4, -0.2) is 54.0 Å². The number of aliphatic carboxylic acids is 1. The van der Waals surface area contributed by atoms with Gasteiger partial charge in [-0.25, -0.2) is 4.79 Å². The molecule has 0 spiro atoms. The zero-order chi connectivity index (χ0) is 12.3. The maximum atomic E-state index is 11.8. The third kappa shape index (κ3) is 2.31. The van der Waals surface area contributed by atoms with Gasteiger partial charge in [0.25, 0.3) is 0 Å². The number of carbonyl (C=O) groups is 2. The molecule has 0 bridgehead atoms. The number of amides is 1. The molecule has 1 amide bonds. The first-order chi connectivity index (χ1) is 7.41. The summed E-state index contributed by atoms with van der Waals surface area (Å²) >= 11 is 0. The number of hydrogen-bond donors (Lipinski definition) is 4. The van der Waals surface area contributed by atoms with Crippen molar-refractivity contribution in [2.45, 2.75) is 19.0 Å². The van der Waals surface area contributed by atoms with Crippen molar-refractivity contribution < 1.29 is 24.5 Å². The van der Waals surface area contributed by atoms with Gasteiger partial charge in [0.05, 0.1) is 25.2 Å². The van der Waals surface area contributed by atoms with Crippen LogP contribution >= 0.6 is 0 Å². The molecule has 2 unspecified atom stereocenters. The molecule has 0 saturated carbocycles. The number of carboxylic acid groups (broad SMARTS) is 1. The van der Waals surface area contributed by atoms with Crippen LogP contribution < -0.4 is 11.1 Å². The lowest BCUT2D eigenvalue weighted by molar-refractivity contribution is -0.145. The van der Waals surface area contributed by atoms with Crippen molar-refractivity contribution in [1.29, 1.82) is 0 Å². The molecule has 0 aromatic heterocycles. The zero-order valence-corrected chi connectivity index (χ0v) is 8.97. The smallest absolute Gasteiger partial charge is 0.328 e. The highest BCUT2D eigenvalue weighted by Gasteiger charge is 2.45. The third-order valence-corrected chi connectivity index (χ3v) is 2.82. The highest BCUT2D eigenvalue weighted by atomic mass is 16.5. The molecule has 1 heterocycles. The average molecular weight is 232 g/mol. The van der Waals surface area contributed by atoms with Crippen LogP contribution in [0.25, 0.3) is 0 Å². The van der Waals surface area contributed by atoms with Gasteiger partial charge in [-0.1, -0.05) is 0 Å². The third-order valence-electron chi connectivity index (χ3n) is 2.82. The lowest BCUT2D eigenvalue weighted by Gasteiger charge is -2.26. The molecule has 16 heavy (non-hydrogen) atoms. The van der Waals surface area contributed by atoms with E-state index in [4.69, 9.17) is 20.7 Å². The maximum Gasteiger partial charge on any atom is 0.328 e. The number of rotatable bonds is 4. The lowest BCUT2D eigenvalue weighted by Crippen LogP contribution is -2.54. The summed E-state index contributed by atoms with van der Waals surface area (Å²) in [4.78, 5) is 22.4. The van der Waals surface area contributed by atoms with Crippen LogP contribution in [0.4, 0.5) is 0 Å². The average Bonchev–Trinajstić information content (AvgIpc) is 2.56. The van der Waals surface area contributed by atoms with E-state index >= 15 is 0 Å². The van der Waals surface area contributed by atoms with Crippen molar-refractivity contribution in [2.24, 2.45) is 11.1 Å². The first kappa shape index (κ1) is 12.9. The molecule has 1 rings (SSSR count). The minimum atomic E-state index is -1.31. The van der Waals surface area contributed by atoms with Crippen molar-refractivity contribution in [1.82, 2.24) is 5.32 Å². The van der Waals surface area contributed by atoms with E-state index in [-0.39, 0.29) is 13.2 Å². The summed E-state index contributed by atoms with van der Waals surface area (Å²) < 4.78 is 5.07. The summed E-state index contributed by atoms with van der Waals surface area (Å²) in [5.41, 5.74) is 4.77. The summed E-state index contributed by atoms with van der Waals surface area (Å²) in [6.07, 6.45) is 0. The molecule has 0 radical (unpaired) electrons. The molecule has 0 aliphatic carbocycles. The highest BCUT2D eigenvalue weighted by molar-refractivity contribution is 5.88. The van der Waals surface area contributed by atoms with Crippen LogP contribution in [0.5, 0.6) is 0 Å². The zero-order valence-electron chi connectivity index (χ0n) is 8.97. The fourth-order valence-electron chi connectivity index (χ4n) is 1.43. The number of hydrogen-bond acceptors (Lipinski definition) is 5. The Morgan fingerprint density at radius 2 is 2.31 bits per heavy atom. The van der Waals surface area contributed by atoms with Crippen molar-refractivity contribution in [3.05, 3.63) is 0 Å². The minimum Gasteiger partial charge on any atom is -0.480 e. The number of carboxylic acids is 1. The summed E-state index contributed by atoms with van der Waals surface area (Å²) in [5, 5.41) is 19.7. The highest BCUT2D eigenvalue weighted by Crippen LogP contribution is 2.27. The van der Waals surface area contributed by atoms with E-state index in [1.165, 1.54) is 0 Å². The van der Waals surface area contributed by atoms with E-state index < -0.39 is 36.0 Å². The Kier molecular flexibility index (Phi) is 3.84. The second-order valence-electron chi connectivity index (χ2n) is 4.09. The molecule has 1 aliphatic rings. The fraction of sp³-hybridized carbons (Fsp3) is 0.778. The van der Waals surface area contributed by atoms with Gasteiger partial charge in [0.1, 0.15) is 6.04 Å². The van der Waals surface area contributed by atoms with E-state index in [0.717, 1.165) is 0 Å². The molecule has 0 aromatic carbocycles. The van der Waals surface area contributed by atoms with Crippen LogP contribution in [0.15, 0.2) is 0 Å². The molecular weight excluding hydrogens is 216 g/mol. The van der Waals surface area contributed by atoms with Gasteiger partial charge in [-0.2, -0.15) is 0 Å². The van der Waals surface area contributed by atoms with Crippen LogP contribution in [0.1, 0.15) is 6.92 Å². The van der Waals surface area contributed by atoms with Crippen molar-refractivity contribution in [3.63, 3.8) is 0 Å². The SMILES string of the molecule is CC1(C(=O)N[C@H](CO)C(=O)O)COCC1N. The van der Waals surface area contributed by atoms with E-state index in [9.17, 15) is 9.59 Å². The predicted molar refractivity (Wildman–Crippen MR) is 53.6 cm³/mol. The van der Waals surface area contributed by atoms with Crippen LogP contribution in [0, 0.1) is 5.41 Å². The van der Waals surface area contributed by atoms with Gasteiger partial charge in [-0.15, -0.1) is 0 Å². The Bertz CT molecular complexity index is 296. The quantitative estimate of drug-likeness (QED) is 0.441. The molecule has 1 aliphatic heterocycles. The van der Waals surface area contributed by atoms with Crippen LogP contribution in [-0.2, 0) is 14.3 Å². The first-order valence-electron chi connectivity index (χ1n) is 4.89. The summed E-state index contributed by atoms with van der Waals surface area (Å²) in [7, 11) is 0. The standard InChI is InChI=1S/C9H16N2O5/c1-9(4-16-3-6(9)10)8(15)11-5(2-12)7(13)14/h5-6,12H,2-4,10H2,1H3,(H,11,15)(H,13,14)/t5-,6?,9?/m1/s1. The molecule has 7 heteroatoms. The van der Waals surface area contributed by atoms with Gasteiger partial charge in [0, 0.05) is 6.04 Å².